The average molecular weight is 302 g/mol. The van der Waals surface area contributed by atoms with Gasteiger partial charge in [-0.05, 0) is 37.9 Å². The van der Waals surface area contributed by atoms with E-state index in [-0.39, 0.29) is 0 Å². The van der Waals surface area contributed by atoms with Crippen LogP contribution in [0.3, 0.4) is 0 Å². The molecule has 1 aromatic carbocycles. The summed E-state index contributed by atoms with van der Waals surface area (Å²) in [7, 11) is 1.74. The van der Waals surface area contributed by atoms with E-state index < -0.39 is 0 Å². The maximum absolute atomic E-state index is 5.12. The van der Waals surface area contributed by atoms with E-state index in [4.69, 9.17) is 9.72 Å². The molecule has 1 fully saturated rings. The molecule has 1 aromatic heterocycles. The molecule has 2 aromatic rings. The molecule has 21 heavy (non-hydrogen) atoms. The van der Waals surface area contributed by atoms with Crippen LogP contribution in [0.15, 0.2) is 29.6 Å². The molecular formula is C17H22N2OS. The highest BCUT2D eigenvalue weighted by Crippen LogP contribution is 2.31. The van der Waals surface area contributed by atoms with Gasteiger partial charge >= 0.3 is 0 Å². The fourth-order valence-corrected chi connectivity index (χ4v) is 3.74. The lowest BCUT2D eigenvalue weighted by Gasteiger charge is -2.20. The van der Waals surface area contributed by atoms with Gasteiger partial charge in [-0.3, -0.25) is 0 Å². The van der Waals surface area contributed by atoms with Crippen LogP contribution in [0.4, 0.5) is 0 Å². The van der Waals surface area contributed by atoms with Crippen LogP contribution in [-0.4, -0.2) is 31.8 Å². The van der Waals surface area contributed by atoms with Gasteiger partial charge in [0.25, 0.3) is 0 Å². The molecule has 1 aliphatic rings. The fourth-order valence-electron chi connectivity index (χ4n) is 2.74. The van der Waals surface area contributed by atoms with E-state index in [0.717, 1.165) is 31.8 Å². The minimum absolute atomic E-state index is 0.644. The second kappa shape index (κ2) is 7.16. The Hall–Kier alpha value is -1.23. The number of ether oxygens (including phenoxy) is 1. The Labute approximate surface area is 130 Å². The van der Waals surface area contributed by atoms with Crippen molar-refractivity contribution < 1.29 is 4.74 Å². The van der Waals surface area contributed by atoms with E-state index in [2.05, 4.69) is 35.0 Å². The lowest BCUT2D eigenvalue weighted by atomic mass is 9.99. The summed E-state index contributed by atoms with van der Waals surface area (Å²) in [4.78, 5) is 4.86. The summed E-state index contributed by atoms with van der Waals surface area (Å²) in [5, 5.41) is 6.91. The molecule has 3 rings (SSSR count). The Balaban J connectivity index is 1.70. The molecule has 0 unspecified atom stereocenters. The first-order valence-electron chi connectivity index (χ1n) is 7.61. The molecule has 1 N–H and O–H groups in total. The Kier molecular flexibility index (Phi) is 5.01. The van der Waals surface area contributed by atoms with Crippen molar-refractivity contribution in [3.63, 3.8) is 0 Å². The van der Waals surface area contributed by atoms with E-state index in [1.54, 1.807) is 7.11 Å². The quantitative estimate of drug-likeness (QED) is 0.918. The number of rotatable bonds is 5. The number of nitrogens with one attached hydrogen (secondary N) is 1. The van der Waals surface area contributed by atoms with Gasteiger partial charge in [-0.25, -0.2) is 4.98 Å². The van der Waals surface area contributed by atoms with Crippen molar-refractivity contribution in [3.8, 4) is 11.3 Å². The molecule has 112 valence electrons. The number of nitrogens with zero attached hydrogens (tertiary/aromatic N) is 1. The van der Waals surface area contributed by atoms with Gasteiger partial charge in [0.2, 0.25) is 0 Å². The van der Waals surface area contributed by atoms with E-state index in [1.807, 2.05) is 11.3 Å². The fraction of sp³-hybridized carbons (Fsp3) is 0.471. The monoisotopic (exact) mass is 302 g/mol. The average Bonchev–Trinajstić information content (AvgIpc) is 3.04. The van der Waals surface area contributed by atoms with Crippen LogP contribution < -0.4 is 5.32 Å². The molecule has 1 aliphatic heterocycles. The summed E-state index contributed by atoms with van der Waals surface area (Å²) in [6.45, 7) is 3.01. The third-order valence-corrected chi connectivity index (χ3v) is 5.06. The summed E-state index contributed by atoms with van der Waals surface area (Å²) in [6.07, 6.45) is 3.39. The van der Waals surface area contributed by atoms with Crippen molar-refractivity contribution in [2.24, 2.45) is 0 Å². The van der Waals surface area contributed by atoms with Crippen LogP contribution in [0.2, 0.25) is 0 Å². The second-order valence-corrected chi connectivity index (χ2v) is 6.42. The third kappa shape index (κ3) is 3.70. The van der Waals surface area contributed by atoms with Crippen LogP contribution >= 0.6 is 11.3 Å². The third-order valence-electron chi connectivity index (χ3n) is 4.05. The van der Waals surface area contributed by atoms with Gasteiger partial charge in [-0.1, -0.05) is 24.3 Å². The minimum Gasteiger partial charge on any atom is -0.384 e. The summed E-state index contributed by atoms with van der Waals surface area (Å²) in [5.41, 5.74) is 3.65. The van der Waals surface area contributed by atoms with E-state index in [1.165, 1.54) is 29.0 Å². The topological polar surface area (TPSA) is 34.1 Å². The molecule has 4 heteroatoms. The van der Waals surface area contributed by atoms with Crippen LogP contribution in [0.5, 0.6) is 0 Å². The normalized spacial score (nSPS) is 16.2. The molecule has 0 spiro atoms. The van der Waals surface area contributed by atoms with Crippen molar-refractivity contribution in [1.82, 2.24) is 10.3 Å². The van der Waals surface area contributed by atoms with Crippen molar-refractivity contribution in [2.75, 3.05) is 26.8 Å². The van der Waals surface area contributed by atoms with Gasteiger partial charge in [0, 0.05) is 24.0 Å². The number of thiazole rings is 1. The van der Waals surface area contributed by atoms with Crippen LogP contribution in [0.25, 0.3) is 11.3 Å². The summed E-state index contributed by atoms with van der Waals surface area (Å²) in [5.74, 6) is 0.644. The van der Waals surface area contributed by atoms with Gasteiger partial charge in [0.15, 0.2) is 0 Å². The molecule has 0 aliphatic carbocycles. The number of benzene rings is 1. The van der Waals surface area contributed by atoms with Crippen LogP contribution in [-0.2, 0) is 11.2 Å². The lowest BCUT2D eigenvalue weighted by molar-refractivity contribution is 0.202. The number of piperidine rings is 1. The summed E-state index contributed by atoms with van der Waals surface area (Å²) >= 11 is 1.81. The largest absolute Gasteiger partial charge is 0.384 e. The van der Waals surface area contributed by atoms with Gasteiger partial charge in [0.1, 0.15) is 0 Å². The predicted molar refractivity (Wildman–Crippen MR) is 88.0 cm³/mol. The van der Waals surface area contributed by atoms with Crippen molar-refractivity contribution >= 4 is 11.3 Å². The molecule has 0 radical (unpaired) electrons. The Morgan fingerprint density at radius 2 is 2.00 bits per heavy atom. The highest BCUT2D eigenvalue weighted by atomic mass is 32.1. The highest BCUT2D eigenvalue weighted by molar-refractivity contribution is 7.10. The SMILES string of the molecule is COCCc1ccc(-c2csc(C3CCNCC3)n2)cc1. The molecule has 0 bridgehead atoms. The van der Waals surface area contributed by atoms with Crippen LogP contribution in [0.1, 0.15) is 29.3 Å². The maximum atomic E-state index is 5.12. The number of hydrogen-bond donors (Lipinski definition) is 1. The number of hydrogen-bond acceptors (Lipinski definition) is 4. The Bertz CT molecular complexity index is 558. The Morgan fingerprint density at radius 3 is 2.71 bits per heavy atom. The zero-order chi connectivity index (χ0) is 14.5. The molecule has 2 heterocycles. The molecule has 0 atom stereocenters. The zero-order valence-corrected chi connectivity index (χ0v) is 13.3. The van der Waals surface area contributed by atoms with Crippen molar-refractivity contribution in [1.29, 1.82) is 0 Å². The standard InChI is InChI=1S/C17H22N2OS/c1-20-11-8-13-2-4-14(5-3-13)16-12-21-17(19-16)15-6-9-18-10-7-15/h2-5,12,15,18H,6-11H2,1H3. The smallest absolute Gasteiger partial charge is 0.0964 e. The van der Waals surface area contributed by atoms with E-state index in [9.17, 15) is 0 Å². The summed E-state index contributed by atoms with van der Waals surface area (Å²) < 4.78 is 5.12. The predicted octanol–water partition coefficient (Wildman–Crippen LogP) is 3.47. The van der Waals surface area contributed by atoms with Crippen LogP contribution in [0, 0.1) is 0 Å². The van der Waals surface area contributed by atoms with E-state index >= 15 is 0 Å². The molecule has 0 amide bonds. The van der Waals surface area contributed by atoms with Crippen molar-refractivity contribution in [2.45, 2.75) is 25.2 Å². The first kappa shape index (κ1) is 14.7. The van der Waals surface area contributed by atoms with Gasteiger partial charge in [-0.2, -0.15) is 0 Å². The first-order chi connectivity index (χ1) is 10.4. The molecule has 1 saturated heterocycles. The summed E-state index contributed by atoms with van der Waals surface area (Å²) in [6, 6.07) is 8.70. The molecule has 0 saturated carbocycles. The second-order valence-electron chi connectivity index (χ2n) is 5.53. The lowest BCUT2D eigenvalue weighted by Crippen LogP contribution is -2.26. The Morgan fingerprint density at radius 1 is 1.24 bits per heavy atom. The van der Waals surface area contributed by atoms with Gasteiger partial charge < -0.3 is 10.1 Å². The highest BCUT2D eigenvalue weighted by Gasteiger charge is 2.18. The molecular weight excluding hydrogens is 280 g/mol. The van der Waals surface area contributed by atoms with Gasteiger partial charge in [-0.15, -0.1) is 11.3 Å². The van der Waals surface area contributed by atoms with Crippen molar-refractivity contribution in [3.05, 3.63) is 40.2 Å². The minimum atomic E-state index is 0.644. The van der Waals surface area contributed by atoms with Gasteiger partial charge in [0.05, 0.1) is 17.3 Å². The zero-order valence-electron chi connectivity index (χ0n) is 12.5. The van der Waals surface area contributed by atoms with E-state index in [0.29, 0.717) is 5.92 Å². The first-order valence-corrected chi connectivity index (χ1v) is 8.49. The number of methoxy groups -OCH3 is 1. The maximum Gasteiger partial charge on any atom is 0.0964 e. The molecule has 3 nitrogen and oxygen atoms in total. The number of aromatic nitrogens is 1.